The monoisotopic (exact) mass is 602 g/mol. The second kappa shape index (κ2) is 16.3. The van der Waals surface area contributed by atoms with Crippen LogP contribution in [0.1, 0.15) is 108 Å². The zero-order valence-electron chi connectivity index (χ0n) is 25.6. The smallest absolute Gasteiger partial charge is 0.494 e. The molecule has 0 bridgehead atoms. The Morgan fingerprint density at radius 3 is 2.20 bits per heavy atom. The average molecular weight is 603 g/mol. The van der Waals surface area contributed by atoms with Crippen molar-refractivity contribution in [3.63, 3.8) is 0 Å². The van der Waals surface area contributed by atoms with Crippen LogP contribution in [0.2, 0.25) is 0 Å². The molecule has 0 radical (unpaired) electrons. The Morgan fingerprint density at radius 1 is 0.878 bits per heavy atom. The molecule has 1 heterocycles. The second-order valence-corrected chi connectivity index (χ2v) is 14.3. The van der Waals surface area contributed by atoms with Gasteiger partial charge in [0, 0.05) is 11.1 Å². The Labute approximate surface area is 251 Å². The van der Waals surface area contributed by atoms with Gasteiger partial charge in [-0.25, -0.2) is 4.57 Å². The molecule has 226 valence electrons. The number of ether oxygens (including phenoxy) is 1. The minimum atomic E-state index is -4.44. The predicted molar refractivity (Wildman–Crippen MR) is 168 cm³/mol. The van der Waals surface area contributed by atoms with E-state index in [0.717, 1.165) is 23.3 Å². The van der Waals surface area contributed by atoms with Crippen LogP contribution in [0.4, 0.5) is 0 Å². The number of nitrogens with zero attached hydrogens (tertiary/aromatic N) is 1. The first kappa shape index (κ1) is 33.2. The Balaban J connectivity index is 1.52. The van der Waals surface area contributed by atoms with Gasteiger partial charge in [-0.05, 0) is 49.1 Å². The van der Waals surface area contributed by atoms with Crippen LogP contribution in [0.5, 0.6) is 17.2 Å². The lowest BCUT2D eigenvalue weighted by Gasteiger charge is -2.24. The number of aromatic nitrogens is 1. The standard InChI is InChI=1S/C33H48NO5PS/c1-6-7-8-9-10-11-12-13-14-15-21-37-29-19-20-32(31(23-29)33(3,4)5)39-40(35,36)38-30-18-16-17-28(22-30)25-34-24-27(2)41-26-34/h16-20,22-24,26H,6-15,21,25H2,1-5H3/p+1. The number of hydrogen-bond donors (Lipinski definition) is 1. The first-order chi connectivity index (χ1) is 19.6. The lowest BCUT2D eigenvalue weighted by molar-refractivity contribution is -0.683. The summed E-state index contributed by atoms with van der Waals surface area (Å²) in [5.74, 6) is 1.34. The Hall–Kier alpha value is -2.34. The highest BCUT2D eigenvalue weighted by atomic mass is 32.1. The fourth-order valence-corrected chi connectivity index (χ4v) is 6.22. The van der Waals surface area contributed by atoms with Gasteiger partial charge in [0.2, 0.25) is 5.51 Å². The quantitative estimate of drug-likeness (QED) is 0.0892. The molecule has 0 fully saturated rings. The normalized spacial score (nSPS) is 13.1. The molecule has 0 aliphatic heterocycles. The fourth-order valence-electron chi connectivity index (χ4n) is 4.76. The molecule has 41 heavy (non-hydrogen) atoms. The minimum absolute atomic E-state index is 0.287. The van der Waals surface area contributed by atoms with Crippen LogP contribution in [-0.2, 0) is 16.5 Å². The first-order valence-electron chi connectivity index (χ1n) is 15.1. The number of rotatable bonds is 18. The number of benzene rings is 2. The second-order valence-electron chi connectivity index (χ2n) is 11.9. The maximum Gasteiger partial charge on any atom is 0.584 e. The largest absolute Gasteiger partial charge is 0.584 e. The summed E-state index contributed by atoms with van der Waals surface area (Å²) in [5.41, 5.74) is 3.46. The van der Waals surface area contributed by atoms with E-state index < -0.39 is 7.82 Å². The Kier molecular flexibility index (Phi) is 13.2. The van der Waals surface area contributed by atoms with Gasteiger partial charge in [-0.15, -0.1) is 0 Å². The van der Waals surface area contributed by atoms with E-state index in [1.54, 1.807) is 35.6 Å². The molecule has 0 saturated heterocycles. The van der Waals surface area contributed by atoms with Crippen molar-refractivity contribution < 1.29 is 27.8 Å². The molecule has 8 heteroatoms. The lowest BCUT2D eigenvalue weighted by atomic mass is 9.86. The lowest BCUT2D eigenvalue weighted by Crippen LogP contribution is -2.30. The molecule has 0 aliphatic rings. The van der Waals surface area contributed by atoms with Crippen LogP contribution >= 0.6 is 19.2 Å². The van der Waals surface area contributed by atoms with Crippen molar-refractivity contribution in [1.29, 1.82) is 0 Å². The summed E-state index contributed by atoms with van der Waals surface area (Å²) in [5, 5.41) is 0. The fraction of sp³-hybridized carbons (Fsp3) is 0.545. The molecule has 6 nitrogen and oxygen atoms in total. The van der Waals surface area contributed by atoms with Crippen molar-refractivity contribution in [2.45, 2.75) is 111 Å². The summed E-state index contributed by atoms with van der Waals surface area (Å²) < 4.78 is 32.3. The zero-order chi connectivity index (χ0) is 29.7. The highest BCUT2D eigenvalue weighted by molar-refractivity contribution is 7.48. The summed E-state index contributed by atoms with van der Waals surface area (Å²) in [6.45, 7) is 11.7. The summed E-state index contributed by atoms with van der Waals surface area (Å²) in [6.07, 6.45) is 14.9. The maximum atomic E-state index is 13.1. The minimum Gasteiger partial charge on any atom is -0.494 e. The number of aryl methyl sites for hydroxylation is 1. The van der Waals surface area contributed by atoms with Crippen molar-refractivity contribution >= 4 is 19.2 Å². The third kappa shape index (κ3) is 12.2. The van der Waals surface area contributed by atoms with E-state index in [1.165, 1.54) is 62.7 Å². The SMILES string of the molecule is CCCCCCCCCCCCOc1ccc(OP(=O)(O)Oc2cccc(C[n+]3csc(C)c3)c2)c(C(C)(C)C)c1. The molecule has 0 amide bonds. The third-order valence-corrected chi connectivity index (χ3v) is 8.67. The van der Waals surface area contributed by atoms with Gasteiger partial charge in [-0.3, -0.25) is 4.89 Å². The van der Waals surface area contributed by atoms with Crippen LogP contribution in [-0.4, -0.2) is 11.5 Å². The molecular formula is C33H49NO5PS+. The van der Waals surface area contributed by atoms with Crippen molar-refractivity contribution in [3.05, 3.63) is 70.2 Å². The molecular weight excluding hydrogens is 553 g/mol. The third-order valence-electron chi connectivity index (χ3n) is 6.95. The average Bonchev–Trinajstić information content (AvgIpc) is 3.31. The molecule has 1 aromatic heterocycles. The van der Waals surface area contributed by atoms with Crippen LogP contribution in [0.15, 0.2) is 54.2 Å². The van der Waals surface area contributed by atoms with Gasteiger partial charge in [0.15, 0.2) is 12.7 Å². The molecule has 2 aromatic carbocycles. The van der Waals surface area contributed by atoms with E-state index in [9.17, 15) is 9.46 Å². The number of thiazole rings is 1. The molecule has 3 aromatic rings. The van der Waals surface area contributed by atoms with Crippen molar-refractivity contribution in [2.24, 2.45) is 0 Å². The van der Waals surface area contributed by atoms with E-state index in [0.29, 0.717) is 18.9 Å². The molecule has 1 unspecified atom stereocenters. The van der Waals surface area contributed by atoms with Crippen molar-refractivity contribution in [3.8, 4) is 17.2 Å². The Morgan fingerprint density at radius 2 is 1.56 bits per heavy atom. The number of hydrogen-bond acceptors (Lipinski definition) is 5. The van der Waals surface area contributed by atoms with Gasteiger partial charge in [-0.2, -0.15) is 4.57 Å². The topological polar surface area (TPSA) is 68.9 Å². The van der Waals surface area contributed by atoms with E-state index in [-0.39, 0.29) is 11.2 Å². The summed E-state index contributed by atoms with van der Waals surface area (Å²) in [6, 6.07) is 12.6. The van der Waals surface area contributed by atoms with Gasteiger partial charge in [-0.1, -0.05) is 109 Å². The maximum absolute atomic E-state index is 13.1. The molecule has 3 rings (SSSR count). The van der Waals surface area contributed by atoms with Crippen molar-refractivity contribution in [2.75, 3.05) is 6.61 Å². The summed E-state index contributed by atoms with van der Waals surface area (Å²) in [7, 11) is -4.44. The molecule has 1 N–H and O–H groups in total. The van der Waals surface area contributed by atoms with Gasteiger partial charge >= 0.3 is 7.82 Å². The summed E-state index contributed by atoms with van der Waals surface area (Å²) >= 11 is 1.67. The highest BCUT2D eigenvalue weighted by Crippen LogP contribution is 2.47. The molecule has 1 atom stereocenters. The molecule has 0 aliphatic carbocycles. The van der Waals surface area contributed by atoms with Crippen LogP contribution < -0.4 is 18.4 Å². The van der Waals surface area contributed by atoms with E-state index >= 15 is 0 Å². The van der Waals surface area contributed by atoms with E-state index in [1.807, 2.05) is 44.5 Å². The highest BCUT2D eigenvalue weighted by Gasteiger charge is 2.29. The molecule has 0 spiro atoms. The molecule has 0 saturated carbocycles. The number of unbranched alkanes of at least 4 members (excludes halogenated alkanes) is 9. The van der Waals surface area contributed by atoms with E-state index in [2.05, 4.69) is 24.6 Å². The summed E-state index contributed by atoms with van der Waals surface area (Å²) in [4.78, 5) is 11.9. The number of phosphoric ester groups is 1. The predicted octanol–water partition coefficient (Wildman–Crippen LogP) is 9.55. The van der Waals surface area contributed by atoms with Gasteiger partial charge in [0.05, 0.1) is 11.5 Å². The van der Waals surface area contributed by atoms with Crippen LogP contribution in [0.3, 0.4) is 0 Å². The van der Waals surface area contributed by atoms with Crippen LogP contribution in [0.25, 0.3) is 0 Å². The first-order valence-corrected chi connectivity index (χ1v) is 17.5. The van der Waals surface area contributed by atoms with E-state index in [4.69, 9.17) is 13.8 Å². The van der Waals surface area contributed by atoms with Crippen LogP contribution in [0, 0.1) is 6.92 Å². The van der Waals surface area contributed by atoms with Gasteiger partial charge < -0.3 is 13.8 Å². The number of phosphoric acid groups is 1. The Bertz CT molecular complexity index is 1250. The van der Waals surface area contributed by atoms with Gasteiger partial charge in [0.25, 0.3) is 0 Å². The van der Waals surface area contributed by atoms with Gasteiger partial charge in [0.1, 0.15) is 17.2 Å². The zero-order valence-corrected chi connectivity index (χ0v) is 27.3. The van der Waals surface area contributed by atoms with Crippen molar-refractivity contribution in [1.82, 2.24) is 0 Å².